The van der Waals surface area contributed by atoms with E-state index in [9.17, 15) is 0 Å². The van der Waals surface area contributed by atoms with E-state index < -0.39 is 0 Å². The molecule has 0 amide bonds. The molecule has 3 aromatic carbocycles. The van der Waals surface area contributed by atoms with Crippen LogP contribution in [0, 0.1) is 6.92 Å². The van der Waals surface area contributed by atoms with Crippen molar-refractivity contribution in [2.24, 2.45) is 5.10 Å². The van der Waals surface area contributed by atoms with Gasteiger partial charge in [0.2, 0.25) is 5.13 Å². The summed E-state index contributed by atoms with van der Waals surface area (Å²) in [5.74, 6) is 0.817. The normalized spacial score (nSPS) is 11.1. The number of hydrazone groups is 1. The number of fused-ring (bicyclic) bond motifs is 1. The van der Waals surface area contributed by atoms with Gasteiger partial charge in [-0.1, -0.05) is 54.6 Å². The number of aryl methyl sites for hydroxylation is 1. The lowest BCUT2D eigenvalue weighted by Gasteiger charge is -2.09. The number of hydrogen-bond acceptors (Lipinski definition) is 5. The summed E-state index contributed by atoms with van der Waals surface area (Å²) in [6.07, 6.45) is 1.77. The Morgan fingerprint density at radius 2 is 1.93 bits per heavy atom. The molecule has 0 saturated carbocycles. The monoisotopic (exact) mass is 373 g/mol. The van der Waals surface area contributed by atoms with Gasteiger partial charge in [0.15, 0.2) is 0 Å². The van der Waals surface area contributed by atoms with Crippen LogP contribution in [0.4, 0.5) is 5.13 Å². The molecular weight excluding hydrogens is 354 g/mol. The Morgan fingerprint density at radius 3 is 2.81 bits per heavy atom. The Bertz CT molecular complexity index is 1080. The highest BCUT2D eigenvalue weighted by Gasteiger charge is 2.02. The number of aromatic nitrogens is 1. The molecule has 1 N–H and O–H groups in total. The topological polar surface area (TPSA) is 46.5 Å². The molecule has 4 nitrogen and oxygen atoms in total. The number of benzene rings is 3. The van der Waals surface area contributed by atoms with Crippen molar-refractivity contribution in [3.8, 4) is 5.75 Å². The van der Waals surface area contributed by atoms with E-state index in [1.807, 2.05) is 36.6 Å². The van der Waals surface area contributed by atoms with E-state index in [-0.39, 0.29) is 0 Å². The minimum Gasteiger partial charge on any atom is -0.489 e. The zero-order valence-corrected chi connectivity index (χ0v) is 15.7. The molecule has 5 heteroatoms. The first-order chi connectivity index (χ1) is 13.3. The lowest BCUT2D eigenvalue weighted by molar-refractivity contribution is 0.307. The first-order valence-corrected chi connectivity index (χ1v) is 9.56. The number of rotatable bonds is 6. The molecule has 0 saturated heterocycles. The van der Waals surface area contributed by atoms with Gasteiger partial charge in [-0.15, -0.1) is 11.3 Å². The molecule has 0 spiro atoms. The van der Waals surface area contributed by atoms with Crippen LogP contribution in [-0.2, 0) is 6.61 Å². The zero-order chi connectivity index (χ0) is 18.5. The van der Waals surface area contributed by atoms with Gasteiger partial charge >= 0.3 is 0 Å². The summed E-state index contributed by atoms with van der Waals surface area (Å²) >= 11 is 1.53. The van der Waals surface area contributed by atoms with E-state index >= 15 is 0 Å². The molecule has 0 aliphatic carbocycles. The van der Waals surface area contributed by atoms with Gasteiger partial charge in [-0.25, -0.2) is 4.98 Å². The van der Waals surface area contributed by atoms with Crippen LogP contribution in [0.25, 0.3) is 10.8 Å². The van der Waals surface area contributed by atoms with E-state index in [1.165, 1.54) is 27.7 Å². The summed E-state index contributed by atoms with van der Waals surface area (Å²) in [4.78, 5) is 4.32. The third kappa shape index (κ3) is 4.33. The van der Waals surface area contributed by atoms with E-state index in [4.69, 9.17) is 4.74 Å². The summed E-state index contributed by atoms with van der Waals surface area (Å²) in [6, 6.07) is 22.5. The van der Waals surface area contributed by atoms with Crippen molar-refractivity contribution in [3.05, 3.63) is 88.9 Å². The van der Waals surface area contributed by atoms with Crippen LogP contribution in [-0.4, -0.2) is 11.2 Å². The molecule has 0 aliphatic heterocycles. The smallest absolute Gasteiger partial charge is 0.203 e. The van der Waals surface area contributed by atoms with Crippen molar-refractivity contribution in [1.82, 2.24) is 4.98 Å². The second-order valence-corrected chi connectivity index (χ2v) is 7.02. The number of ether oxygens (including phenoxy) is 1. The molecule has 134 valence electrons. The molecule has 0 unspecified atom stereocenters. The number of nitrogens with one attached hydrogen (secondary N) is 1. The lowest BCUT2D eigenvalue weighted by Crippen LogP contribution is -1.97. The Kier molecular flexibility index (Phi) is 5.12. The minimum atomic E-state index is 0.526. The maximum absolute atomic E-state index is 6.02. The highest BCUT2D eigenvalue weighted by molar-refractivity contribution is 7.13. The molecule has 0 atom stereocenters. The van der Waals surface area contributed by atoms with Crippen LogP contribution >= 0.6 is 11.3 Å². The summed E-state index contributed by atoms with van der Waals surface area (Å²) in [5, 5.41) is 9.46. The molecule has 0 fully saturated rings. The van der Waals surface area contributed by atoms with E-state index in [1.54, 1.807) is 6.21 Å². The molecule has 27 heavy (non-hydrogen) atoms. The van der Waals surface area contributed by atoms with Gasteiger partial charge in [0.1, 0.15) is 12.4 Å². The first kappa shape index (κ1) is 17.2. The Labute approximate surface area is 162 Å². The highest BCUT2D eigenvalue weighted by atomic mass is 32.1. The van der Waals surface area contributed by atoms with E-state index in [0.717, 1.165) is 22.1 Å². The van der Waals surface area contributed by atoms with Crippen molar-refractivity contribution in [3.63, 3.8) is 0 Å². The maximum atomic E-state index is 6.02. The first-order valence-electron chi connectivity index (χ1n) is 8.69. The quantitative estimate of drug-likeness (QED) is 0.352. The fourth-order valence-corrected chi connectivity index (χ4v) is 3.47. The molecule has 0 bridgehead atoms. The summed E-state index contributed by atoms with van der Waals surface area (Å²) in [7, 11) is 0. The van der Waals surface area contributed by atoms with Crippen molar-refractivity contribution in [2.75, 3.05) is 5.43 Å². The standard InChI is InChI=1S/C22H19N3OS/c1-16-15-27-22(24-16)25-23-13-17-6-4-10-20(12-17)26-14-19-9-5-8-18-7-2-3-11-21(18)19/h2-13,15H,14H2,1H3,(H,24,25). The summed E-state index contributed by atoms with van der Waals surface area (Å²) < 4.78 is 6.02. The third-order valence-electron chi connectivity index (χ3n) is 4.13. The van der Waals surface area contributed by atoms with Gasteiger partial charge in [0, 0.05) is 5.38 Å². The average Bonchev–Trinajstić information content (AvgIpc) is 3.12. The third-order valence-corrected chi connectivity index (χ3v) is 4.99. The lowest BCUT2D eigenvalue weighted by atomic mass is 10.1. The van der Waals surface area contributed by atoms with Gasteiger partial charge in [-0.2, -0.15) is 5.10 Å². The Balaban J connectivity index is 1.43. The fraction of sp³-hybridized carbons (Fsp3) is 0.0909. The second-order valence-electron chi connectivity index (χ2n) is 6.16. The van der Waals surface area contributed by atoms with Crippen LogP contribution in [0.2, 0.25) is 0 Å². The van der Waals surface area contributed by atoms with Gasteiger partial charge in [0.05, 0.1) is 11.9 Å². The number of hydrogen-bond donors (Lipinski definition) is 1. The highest BCUT2D eigenvalue weighted by Crippen LogP contribution is 2.21. The Hall–Kier alpha value is -3.18. The largest absolute Gasteiger partial charge is 0.489 e. The molecule has 0 radical (unpaired) electrons. The van der Waals surface area contributed by atoms with Gasteiger partial charge in [0.25, 0.3) is 0 Å². The zero-order valence-electron chi connectivity index (χ0n) is 14.9. The van der Waals surface area contributed by atoms with Crippen molar-refractivity contribution in [1.29, 1.82) is 0 Å². The molecule has 4 aromatic rings. The van der Waals surface area contributed by atoms with Gasteiger partial charge < -0.3 is 4.74 Å². The number of anilines is 1. The van der Waals surface area contributed by atoms with E-state index in [2.05, 4.69) is 58.0 Å². The average molecular weight is 373 g/mol. The fourth-order valence-electron chi connectivity index (χ4n) is 2.83. The van der Waals surface area contributed by atoms with Crippen LogP contribution in [0.5, 0.6) is 5.75 Å². The molecule has 0 aliphatic rings. The molecular formula is C22H19N3OS. The second kappa shape index (κ2) is 8.01. The SMILES string of the molecule is Cc1csc(NN=Cc2cccc(OCc3cccc4ccccc34)c2)n1. The predicted molar refractivity (Wildman–Crippen MR) is 113 cm³/mol. The Morgan fingerprint density at radius 1 is 1.07 bits per heavy atom. The van der Waals surface area contributed by atoms with Crippen molar-refractivity contribution >= 4 is 33.5 Å². The van der Waals surface area contributed by atoms with Crippen molar-refractivity contribution < 1.29 is 4.74 Å². The maximum Gasteiger partial charge on any atom is 0.203 e. The minimum absolute atomic E-state index is 0.526. The number of thiazole rings is 1. The van der Waals surface area contributed by atoms with E-state index in [0.29, 0.717) is 6.61 Å². The summed E-state index contributed by atoms with van der Waals surface area (Å²) in [5.41, 5.74) is 6.07. The van der Waals surface area contributed by atoms with Gasteiger partial charge in [-0.05, 0) is 41.0 Å². The molecule has 1 aromatic heterocycles. The number of nitrogens with zero attached hydrogens (tertiary/aromatic N) is 2. The van der Waals surface area contributed by atoms with Crippen LogP contribution in [0.15, 0.2) is 77.2 Å². The van der Waals surface area contributed by atoms with Crippen LogP contribution < -0.4 is 10.2 Å². The van der Waals surface area contributed by atoms with Crippen molar-refractivity contribution in [2.45, 2.75) is 13.5 Å². The van der Waals surface area contributed by atoms with Crippen LogP contribution in [0.1, 0.15) is 16.8 Å². The summed E-state index contributed by atoms with van der Waals surface area (Å²) in [6.45, 7) is 2.49. The van der Waals surface area contributed by atoms with Crippen LogP contribution in [0.3, 0.4) is 0 Å². The predicted octanol–water partition coefficient (Wildman–Crippen LogP) is 5.63. The molecule has 1 heterocycles. The molecule has 4 rings (SSSR count). The van der Waals surface area contributed by atoms with Gasteiger partial charge in [-0.3, -0.25) is 5.43 Å².